The van der Waals surface area contributed by atoms with Crippen molar-refractivity contribution in [2.24, 2.45) is 0 Å². The van der Waals surface area contributed by atoms with Crippen LogP contribution >= 0.6 is 11.3 Å². The van der Waals surface area contributed by atoms with Gasteiger partial charge in [0.05, 0.1) is 12.1 Å². The summed E-state index contributed by atoms with van der Waals surface area (Å²) in [6.45, 7) is 2.72. The number of aryl methyl sites for hydroxylation is 1. The van der Waals surface area contributed by atoms with E-state index in [0.29, 0.717) is 17.7 Å². The summed E-state index contributed by atoms with van der Waals surface area (Å²) in [4.78, 5) is 18.2. The SMILES string of the molecule is CCc1cccc(CNC[C@@H](O)[C@H](Cc2cc(F)cc(F)c2)NC(=O)c2cc(-c3ccc(O)cc3)cc(-c3nccs3)c2)c1. The fourth-order valence-electron chi connectivity index (χ4n) is 5.05. The van der Waals surface area contributed by atoms with E-state index < -0.39 is 29.7 Å². The topological polar surface area (TPSA) is 94.5 Å². The van der Waals surface area contributed by atoms with E-state index >= 15 is 0 Å². The monoisotopic (exact) mass is 613 g/mol. The van der Waals surface area contributed by atoms with Gasteiger partial charge in [-0.05, 0) is 83.1 Å². The Morgan fingerprint density at radius 2 is 1.61 bits per heavy atom. The molecule has 6 nitrogen and oxygen atoms in total. The Labute approximate surface area is 259 Å². The predicted octanol–water partition coefficient (Wildman–Crippen LogP) is 6.52. The number of aromatic nitrogens is 1. The number of aliphatic hydroxyl groups is 1. The van der Waals surface area contributed by atoms with Crippen molar-refractivity contribution >= 4 is 17.2 Å². The first-order chi connectivity index (χ1) is 21.3. The maximum Gasteiger partial charge on any atom is 0.251 e. The number of amides is 1. The first kappa shape index (κ1) is 31.0. The van der Waals surface area contributed by atoms with Gasteiger partial charge in [-0.3, -0.25) is 4.79 Å². The summed E-state index contributed by atoms with van der Waals surface area (Å²) in [6.07, 6.45) is 1.53. The van der Waals surface area contributed by atoms with Gasteiger partial charge < -0.3 is 20.8 Å². The quantitative estimate of drug-likeness (QED) is 0.129. The number of hydrogen-bond donors (Lipinski definition) is 4. The van der Waals surface area contributed by atoms with Crippen LogP contribution in [0.2, 0.25) is 0 Å². The molecule has 5 aromatic rings. The van der Waals surface area contributed by atoms with E-state index in [2.05, 4.69) is 34.7 Å². The fraction of sp³-hybridized carbons (Fsp3) is 0.200. The average molecular weight is 614 g/mol. The second kappa shape index (κ2) is 14.4. The second-order valence-electron chi connectivity index (χ2n) is 10.6. The number of hydrogen-bond acceptors (Lipinski definition) is 6. The van der Waals surface area contributed by atoms with Gasteiger partial charge in [0, 0.05) is 41.9 Å². The number of nitrogens with one attached hydrogen (secondary N) is 2. The maximum atomic E-state index is 14.0. The zero-order valence-electron chi connectivity index (χ0n) is 24.1. The highest BCUT2D eigenvalue weighted by Crippen LogP contribution is 2.30. The summed E-state index contributed by atoms with van der Waals surface area (Å²) >= 11 is 1.43. The van der Waals surface area contributed by atoms with Crippen LogP contribution in [0.15, 0.2) is 96.5 Å². The number of thiazole rings is 1. The molecule has 226 valence electrons. The smallest absolute Gasteiger partial charge is 0.251 e. The highest BCUT2D eigenvalue weighted by atomic mass is 32.1. The number of aliphatic hydroxyl groups excluding tert-OH is 1. The molecule has 0 fully saturated rings. The Hall–Kier alpha value is -4.44. The molecule has 4 aromatic carbocycles. The van der Waals surface area contributed by atoms with Crippen LogP contribution in [0, 0.1) is 11.6 Å². The number of aromatic hydroxyl groups is 1. The zero-order valence-corrected chi connectivity index (χ0v) is 25.0. The molecule has 2 atom stereocenters. The van der Waals surface area contributed by atoms with Crippen molar-refractivity contribution in [3.05, 3.63) is 130 Å². The van der Waals surface area contributed by atoms with Crippen LogP contribution in [-0.4, -0.2) is 39.8 Å². The third kappa shape index (κ3) is 8.13. The van der Waals surface area contributed by atoms with Crippen molar-refractivity contribution in [1.29, 1.82) is 0 Å². The van der Waals surface area contributed by atoms with Crippen LogP contribution in [0.25, 0.3) is 21.7 Å². The van der Waals surface area contributed by atoms with Gasteiger partial charge in [0.15, 0.2) is 0 Å². The van der Waals surface area contributed by atoms with Crippen molar-refractivity contribution < 1.29 is 23.8 Å². The highest BCUT2D eigenvalue weighted by Gasteiger charge is 2.24. The van der Waals surface area contributed by atoms with E-state index in [9.17, 15) is 23.8 Å². The van der Waals surface area contributed by atoms with Gasteiger partial charge in [-0.15, -0.1) is 11.3 Å². The Bertz CT molecular complexity index is 1690. The molecule has 0 aliphatic carbocycles. The van der Waals surface area contributed by atoms with Gasteiger partial charge in [0.25, 0.3) is 5.91 Å². The normalized spacial score (nSPS) is 12.5. The third-order valence-corrected chi connectivity index (χ3v) is 8.14. The molecule has 0 aliphatic heterocycles. The molecule has 1 aromatic heterocycles. The molecule has 0 unspecified atom stereocenters. The van der Waals surface area contributed by atoms with Gasteiger partial charge >= 0.3 is 0 Å². The van der Waals surface area contributed by atoms with Gasteiger partial charge in [-0.2, -0.15) is 0 Å². The molecule has 4 N–H and O–H groups in total. The molecule has 0 aliphatic rings. The van der Waals surface area contributed by atoms with Crippen molar-refractivity contribution in [1.82, 2.24) is 15.6 Å². The standard InChI is InChI=1S/C35H33F2N3O3S/c1-2-22-4-3-5-23(12-22)20-38-21-33(42)32(15-24-13-29(36)19-30(37)14-24)40-34(43)27-16-26(25-6-8-31(41)9-7-25)17-28(18-27)35-39-10-11-44-35/h3-14,16-19,32-33,38,41-42H,2,15,20-21H2,1H3,(H,40,43)/t32-,33+/m0/s1. The lowest BCUT2D eigenvalue weighted by molar-refractivity contribution is 0.0830. The van der Waals surface area contributed by atoms with E-state index in [1.165, 1.54) is 29.0 Å². The van der Waals surface area contributed by atoms with Crippen LogP contribution in [0.3, 0.4) is 0 Å². The highest BCUT2D eigenvalue weighted by molar-refractivity contribution is 7.13. The van der Waals surface area contributed by atoms with E-state index in [1.54, 1.807) is 42.6 Å². The van der Waals surface area contributed by atoms with Gasteiger partial charge in [-0.25, -0.2) is 13.8 Å². The van der Waals surface area contributed by atoms with Crippen molar-refractivity contribution in [3.63, 3.8) is 0 Å². The van der Waals surface area contributed by atoms with Gasteiger partial charge in [0.1, 0.15) is 22.4 Å². The Morgan fingerprint density at radius 3 is 2.32 bits per heavy atom. The Balaban J connectivity index is 1.40. The Morgan fingerprint density at radius 1 is 0.886 bits per heavy atom. The van der Waals surface area contributed by atoms with E-state index in [1.807, 2.05) is 23.6 Å². The minimum Gasteiger partial charge on any atom is -0.508 e. The molecule has 9 heteroatoms. The summed E-state index contributed by atoms with van der Waals surface area (Å²) in [5.41, 5.74) is 5.16. The lowest BCUT2D eigenvalue weighted by atomic mass is 9.97. The second-order valence-corrected chi connectivity index (χ2v) is 11.5. The number of benzene rings is 4. The molecule has 0 spiro atoms. The number of nitrogens with zero attached hydrogens (tertiary/aromatic N) is 1. The summed E-state index contributed by atoms with van der Waals surface area (Å²) in [5.74, 6) is -1.80. The molecular weight excluding hydrogens is 580 g/mol. The lowest BCUT2D eigenvalue weighted by Gasteiger charge is -2.25. The molecular formula is C35H33F2N3O3S. The minimum absolute atomic E-state index is 0.00553. The van der Waals surface area contributed by atoms with Gasteiger partial charge in [0.2, 0.25) is 0 Å². The molecule has 1 heterocycles. The molecule has 1 amide bonds. The van der Waals surface area contributed by atoms with Crippen LogP contribution in [-0.2, 0) is 19.4 Å². The molecule has 0 bridgehead atoms. The number of carbonyl (C=O) groups is 1. The van der Waals surface area contributed by atoms with Crippen molar-refractivity contribution in [3.8, 4) is 27.4 Å². The molecule has 0 saturated heterocycles. The maximum absolute atomic E-state index is 14.0. The van der Waals surface area contributed by atoms with Gasteiger partial charge in [-0.1, -0.05) is 43.3 Å². The van der Waals surface area contributed by atoms with Crippen LogP contribution in [0.5, 0.6) is 5.75 Å². The van der Waals surface area contributed by atoms with E-state index in [0.717, 1.165) is 39.7 Å². The minimum atomic E-state index is -1.07. The Kier molecular flexibility index (Phi) is 10.1. The third-order valence-electron chi connectivity index (χ3n) is 7.32. The fourth-order valence-corrected chi connectivity index (χ4v) is 5.68. The molecule has 5 rings (SSSR count). The summed E-state index contributed by atoms with van der Waals surface area (Å²) in [7, 11) is 0. The number of phenolic OH excluding ortho intramolecular Hbond substituents is 1. The van der Waals surface area contributed by atoms with Crippen LogP contribution < -0.4 is 10.6 Å². The summed E-state index contributed by atoms with van der Waals surface area (Å²) < 4.78 is 28.1. The van der Waals surface area contributed by atoms with Crippen LogP contribution in [0.1, 0.15) is 34.0 Å². The average Bonchev–Trinajstić information content (AvgIpc) is 3.56. The number of rotatable bonds is 12. The number of halogens is 2. The predicted molar refractivity (Wildman–Crippen MR) is 170 cm³/mol. The molecule has 44 heavy (non-hydrogen) atoms. The van der Waals surface area contributed by atoms with Crippen LogP contribution in [0.4, 0.5) is 8.78 Å². The summed E-state index contributed by atoms with van der Waals surface area (Å²) in [6, 6.07) is 22.5. The van der Waals surface area contributed by atoms with E-state index in [-0.39, 0.29) is 18.7 Å². The lowest BCUT2D eigenvalue weighted by Crippen LogP contribution is -2.48. The zero-order chi connectivity index (χ0) is 31.1. The summed E-state index contributed by atoms with van der Waals surface area (Å²) in [5, 5.41) is 29.7. The van der Waals surface area contributed by atoms with Crippen molar-refractivity contribution in [2.45, 2.75) is 38.5 Å². The number of phenols is 1. The van der Waals surface area contributed by atoms with E-state index in [4.69, 9.17) is 0 Å². The molecule has 0 radical (unpaired) electrons. The molecule has 0 saturated carbocycles. The van der Waals surface area contributed by atoms with Crippen molar-refractivity contribution in [2.75, 3.05) is 6.54 Å². The first-order valence-electron chi connectivity index (χ1n) is 14.3. The first-order valence-corrected chi connectivity index (χ1v) is 15.2. The largest absolute Gasteiger partial charge is 0.508 e. The number of carbonyl (C=O) groups excluding carboxylic acids is 1.